The molecule has 5 nitrogen and oxygen atoms in total. The molecule has 1 saturated heterocycles. The van der Waals surface area contributed by atoms with Crippen molar-refractivity contribution in [3.8, 4) is 11.4 Å². The highest BCUT2D eigenvalue weighted by Crippen LogP contribution is 2.26. The first-order valence-electron chi connectivity index (χ1n) is 6.61. The fraction of sp³-hybridized carbons (Fsp3) is 0.429. The van der Waals surface area contributed by atoms with Gasteiger partial charge in [0.05, 0.1) is 12.1 Å². The molecule has 6 heteroatoms. The van der Waals surface area contributed by atoms with Crippen LogP contribution in [-0.2, 0) is 6.54 Å². The van der Waals surface area contributed by atoms with Crippen molar-refractivity contribution in [3.05, 3.63) is 34.6 Å². The molecule has 2 aromatic rings. The Morgan fingerprint density at radius 2 is 2.25 bits per heavy atom. The molecule has 0 amide bonds. The molecular weight excluding hydrogens is 322 g/mol. The average molecular weight is 338 g/mol. The number of β-amino-alcohol motifs (C(OH)–C–C–N with tert-alkyl or cyclic N) is 1. The van der Waals surface area contributed by atoms with E-state index < -0.39 is 5.60 Å². The predicted octanol–water partition coefficient (Wildman–Crippen LogP) is 2.46. The standard InChI is InChI=1S/C14H16BrN3O2/c1-2-14(19)8-18(9-14)7-12-16-13(17-20-12)10-4-3-5-11(15)6-10/h3-6,19H,2,7-9H2,1H3. The first kappa shape index (κ1) is 13.7. The van der Waals surface area contributed by atoms with Gasteiger partial charge < -0.3 is 9.63 Å². The van der Waals surface area contributed by atoms with Crippen LogP contribution in [0.2, 0.25) is 0 Å². The van der Waals surface area contributed by atoms with Crippen LogP contribution in [0.25, 0.3) is 11.4 Å². The maximum absolute atomic E-state index is 9.97. The summed E-state index contributed by atoms with van der Waals surface area (Å²) in [6.07, 6.45) is 0.774. The molecule has 1 aromatic carbocycles. The molecule has 1 aromatic heterocycles. The number of hydrogen-bond acceptors (Lipinski definition) is 5. The number of nitrogens with zero attached hydrogens (tertiary/aromatic N) is 3. The first-order valence-corrected chi connectivity index (χ1v) is 7.40. The smallest absolute Gasteiger partial charge is 0.241 e. The van der Waals surface area contributed by atoms with Gasteiger partial charge >= 0.3 is 0 Å². The lowest BCUT2D eigenvalue weighted by molar-refractivity contribution is -0.106. The molecule has 0 saturated carbocycles. The Hall–Kier alpha value is -1.24. The number of rotatable bonds is 4. The van der Waals surface area contributed by atoms with Gasteiger partial charge in [-0.1, -0.05) is 40.1 Å². The van der Waals surface area contributed by atoms with Crippen LogP contribution < -0.4 is 0 Å². The van der Waals surface area contributed by atoms with E-state index in [1.165, 1.54) is 0 Å². The van der Waals surface area contributed by atoms with Gasteiger partial charge in [0.15, 0.2) is 0 Å². The summed E-state index contributed by atoms with van der Waals surface area (Å²) in [6, 6.07) is 7.79. The van der Waals surface area contributed by atoms with Crippen molar-refractivity contribution >= 4 is 15.9 Å². The minimum atomic E-state index is -0.535. The Kier molecular flexibility index (Phi) is 3.62. The lowest BCUT2D eigenvalue weighted by Crippen LogP contribution is -2.60. The van der Waals surface area contributed by atoms with Crippen LogP contribution in [0.4, 0.5) is 0 Å². The number of halogens is 1. The van der Waals surface area contributed by atoms with Crippen molar-refractivity contribution in [1.29, 1.82) is 0 Å². The minimum Gasteiger partial charge on any atom is -0.387 e. The summed E-state index contributed by atoms with van der Waals surface area (Å²) in [4.78, 5) is 6.49. The van der Waals surface area contributed by atoms with E-state index in [4.69, 9.17) is 4.52 Å². The zero-order chi connectivity index (χ0) is 14.2. The average Bonchev–Trinajstić information content (AvgIpc) is 2.85. The van der Waals surface area contributed by atoms with E-state index in [-0.39, 0.29) is 0 Å². The van der Waals surface area contributed by atoms with Crippen molar-refractivity contribution in [2.45, 2.75) is 25.5 Å². The lowest BCUT2D eigenvalue weighted by atomic mass is 9.91. The number of benzene rings is 1. The number of likely N-dealkylation sites (tertiary alicyclic amines) is 1. The largest absolute Gasteiger partial charge is 0.387 e. The maximum atomic E-state index is 9.97. The van der Waals surface area contributed by atoms with Crippen LogP contribution in [0.15, 0.2) is 33.3 Å². The lowest BCUT2D eigenvalue weighted by Gasteiger charge is -2.45. The second kappa shape index (κ2) is 5.27. The van der Waals surface area contributed by atoms with E-state index >= 15 is 0 Å². The van der Waals surface area contributed by atoms with Gasteiger partial charge in [0, 0.05) is 23.1 Å². The molecule has 1 aliphatic rings. The monoisotopic (exact) mass is 337 g/mol. The van der Waals surface area contributed by atoms with E-state index in [0.29, 0.717) is 31.3 Å². The topological polar surface area (TPSA) is 62.4 Å². The van der Waals surface area contributed by atoms with Gasteiger partial charge in [-0.2, -0.15) is 4.98 Å². The fourth-order valence-electron chi connectivity index (χ4n) is 2.38. The highest BCUT2D eigenvalue weighted by molar-refractivity contribution is 9.10. The summed E-state index contributed by atoms with van der Waals surface area (Å²) in [5, 5.41) is 14.0. The first-order chi connectivity index (χ1) is 9.58. The summed E-state index contributed by atoms with van der Waals surface area (Å²) in [5.41, 5.74) is 0.385. The predicted molar refractivity (Wildman–Crippen MR) is 78.0 cm³/mol. The molecule has 0 unspecified atom stereocenters. The molecule has 1 fully saturated rings. The molecule has 0 aliphatic carbocycles. The van der Waals surface area contributed by atoms with Crippen LogP contribution in [0, 0.1) is 0 Å². The van der Waals surface area contributed by atoms with Crippen LogP contribution in [0.5, 0.6) is 0 Å². The second-order valence-corrected chi connectivity index (χ2v) is 6.16. The van der Waals surface area contributed by atoms with Gasteiger partial charge in [-0.3, -0.25) is 4.90 Å². The Morgan fingerprint density at radius 1 is 1.45 bits per heavy atom. The Balaban J connectivity index is 1.66. The van der Waals surface area contributed by atoms with E-state index in [1.807, 2.05) is 31.2 Å². The third-order valence-electron chi connectivity index (χ3n) is 3.60. The van der Waals surface area contributed by atoms with Gasteiger partial charge in [-0.25, -0.2) is 0 Å². The Bertz CT molecular complexity index is 608. The molecule has 106 valence electrons. The molecule has 1 aliphatic heterocycles. The van der Waals surface area contributed by atoms with Gasteiger partial charge in [0.1, 0.15) is 0 Å². The summed E-state index contributed by atoms with van der Waals surface area (Å²) in [5.74, 6) is 1.17. The molecule has 20 heavy (non-hydrogen) atoms. The zero-order valence-electron chi connectivity index (χ0n) is 11.2. The van der Waals surface area contributed by atoms with E-state index in [1.54, 1.807) is 0 Å². The van der Waals surface area contributed by atoms with Crippen LogP contribution >= 0.6 is 15.9 Å². The van der Waals surface area contributed by atoms with Crippen molar-refractivity contribution < 1.29 is 9.63 Å². The minimum absolute atomic E-state index is 0.535. The summed E-state index contributed by atoms with van der Waals surface area (Å²) in [6.45, 7) is 3.91. The van der Waals surface area contributed by atoms with Gasteiger partial charge in [0.25, 0.3) is 0 Å². The molecule has 3 rings (SSSR count). The zero-order valence-corrected chi connectivity index (χ0v) is 12.8. The Labute approximate surface area is 125 Å². The van der Waals surface area contributed by atoms with Crippen LogP contribution in [-0.4, -0.2) is 38.8 Å². The molecule has 0 radical (unpaired) electrons. The third-order valence-corrected chi connectivity index (χ3v) is 4.10. The quantitative estimate of drug-likeness (QED) is 0.928. The molecule has 0 spiro atoms. The Morgan fingerprint density at radius 3 is 2.95 bits per heavy atom. The van der Waals surface area contributed by atoms with Crippen molar-refractivity contribution in [1.82, 2.24) is 15.0 Å². The molecule has 2 heterocycles. The van der Waals surface area contributed by atoms with E-state index in [9.17, 15) is 5.11 Å². The third kappa shape index (κ3) is 2.77. The summed E-state index contributed by atoms with van der Waals surface area (Å²) >= 11 is 3.43. The number of hydrogen-bond donors (Lipinski definition) is 1. The fourth-order valence-corrected chi connectivity index (χ4v) is 2.78. The van der Waals surface area contributed by atoms with Gasteiger partial charge in [-0.05, 0) is 18.6 Å². The number of aromatic nitrogens is 2. The van der Waals surface area contributed by atoms with Crippen LogP contribution in [0.1, 0.15) is 19.2 Å². The van der Waals surface area contributed by atoms with Crippen molar-refractivity contribution in [3.63, 3.8) is 0 Å². The van der Waals surface area contributed by atoms with E-state index in [0.717, 1.165) is 16.5 Å². The van der Waals surface area contributed by atoms with E-state index in [2.05, 4.69) is 31.0 Å². The SMILES string of the molecule is CCC1(O)CN(Cc2nc(-c3cccc(Br)c3)no2)C1. The summed E-state index contributed by atoms with van der Waals surface area (Å²) in [7, 11) is 0. The molecular formula is C14H16BrN3O2. The maximum Gasteiger partial charge on any atom is 0.241 e. The number of aliphatic hydroxyl groups is 1. The van der Waals surface area contributed by atoms with Crippen LogP contribution in [0.3, 0.4) is 0 Å². The second-order valence-electron chi connectivity index (χ2n) is 5.25. The normalized spacial score (nSPS) is 17.9. The van der Waals surface area contributed by atoms with Gasteiger partial charge in [0.2, 0.25) is 11.7 Å². The molecule has 0 atom stereocenters. The van der Waals surface area contributed by atoms with Gasteiger partial charge in [-0.15, -0.1) is 0 Å². The highest BCUT2D eigenvalue weighted by Gasteiger charge is 2.39. The van der Waals surface area contributed by atoms with Crippen molar-refractivity contribution in [2.75, 3.05) is 13.1 Å². The molecule has 0 bridgehead atoms. The van der Waals surface area contributed by atoms with Crippen molar-refractivity contribution in [2.24, 2.45) is 0 Å². The highest BCUT2D eigenvalue weighted by atomic mass is 79.9. The molecule has 1 N–H and O–H groups in total. The summed E-state index contributed by atoms with van der Waals surface area (Å²) < 4.78 is 6.25.